The summed E-state index contributed by atoms with van der Waals surface area (Å²) in [7, 11) is -31.9. The van der Waals surface area contributed by atoms with Crippen LogP contribution >= 0.6 is 0 Å². The molecule has 644 valence electrons. The van der Waals surface area contributed by atoms with Gasteiger partial charge in [-0.15, -0.1) is 0 Å². The second-order valence-corrected chi connectivity index (χ2v) is 113. The summed E-state index contributed by atoms with van der Waals surface area (Å²) in [5.74, 6) is 0.641. The molecule has 0 aromatic carbocycles. The van der Waals surface area contributed by atoms with Crippen molar-refractivity contribution >= 4 is 152 Å². The Morgan fingerprint density at radius 2 is 0.660 bits per heavy atom. The fourth-order valence-electron chi connectivity index (χ4n) is 13.6. The minimum absolute atomic E-state index is 0.641. The normalized spacial score (nSPS) is 15.9. The molecule has 0 aliphatic carbocycles. The first-order valence-corrected chi connectivity index (χ1v) is 94.6. The van der Waals surface area contributed by atoms with E-state index in [1.807, 2.05) is 7.05 Å². The third kappa shape index (κ3) is 74.4. The van der Waals surface area contributed by atoms with Gasteiger partial charge in [-0.25, -0.2) is 0 Å². The lowest BCUT2D eigenvalue weighted by Crippen LogP contribution is -2.60. The summed E-state index contributed by atoms with van der Waals surface area (Å²) in [6, 6.07) is 4.12. The van der Waals surface area contributed by atoms with Crippen molar-refractivity contribution in [3.63, 3.8) is 0 Å². The molecule has 0 aliphatic rings. The van der Waals surface area contributed by atoms with Crippen molar-refractivity contribution in [1.29, 1.82) is 0 Å². The number of rotatable bonds is 52. The van der Waals surface area contributed by atoms with E-state index in [2.05, 4.69) is 322 Å². The summed E-state index contributed by atoms with van der Waals surface area (Å²) < 4.78 is 86.8. The highest BCUT2D eigenvalue weighted by molar-refractivity contribution is 6.92. The van der Waals surface area contributed by atoms with Gasteiger partial charge in [-0.2, -0.15) is 0 Å². The first-order valence-electron chi connectivity index (χ1n) is 40.2. The fourth-order valence-corrected chi connectivity index (χ4v) is 94.8. The van der Waals surface area contributed by atoms with Crippen molar-refractivity contribution in [3.05, 3.63) is 12.2 Å². The summed E-state index contributed by atoms with van der Waals surface area (Å²) in [5.41, 5.74) is 17.9. The van der Waals surface area contributed by atoms with Gasteiger partial charge < -0.3 is 91.6 Å². The van der Waals surface area contributed by atoms with Gasteiger partial charge in [0.05, 0.1) is 0 Å². The zero-order chi connectivity index (χ0) is 85.2. The highest BCUT2D eigenvalue weighted by Crippen LogP contribution is 2.32. The van der Waals surface area contributed by atoms with E-state index in [1.165, 1.54) is 11.6 Å². The highest BCUT2D eigenvalue weighted by atomic mass is 28.5. The molecular formula is C67H186N8O13Si18. The van der Waals surface area contributed by atoms with E-state index >= 15 is 0 Å². The largest absolute Gasteiger partial charge is 0.437 e. The minimum atomic E-state index is -2.23. The highest BCUT2D eigenvalue weighted by Gasteiger charge is 2.48. The van der Waals surface area contributed by atoms with E-state index in [4.69, 9.17) is 70.7 Å². The third-order valence-electron chi connectivity index (χ3n) is 13.9. The fraction of sp³-hybridized carbons (Fsp3) is 0.970. The van der Waals surface area contributed by atoms with Crippen molar-refractivity contribution in [3.8, 4) is 0 Å². The molecule has 0 fully saturated rings. The summed E-state index contributed by atoms with van der Waals surface area (Å²) in [6.45, 7) is 111. The Kier molecular flexibility index (Phi) is 56.1. The molecule has 0 saturated carbocycles. The van der Waals surface area contributed by atoms with Gasteiger partial charge in [-0.3, -0.25) is 4.57 Å². The van der Waals surface area contributed by atoms with Crippen molar-refractivity contribution in [2.75, 3.05) is 79.0 Å². The Morgan fingerprint density at radius 3 is 0.915 bits per heavy atom. The smallest absolute Gasteiger partial charge is 0.315 e. The third-order valence-corrected chi connectivity index (χ3v) is 75.9. The van der Waals surface area contributed by atoms with Gasteiger partial charge in [-0.1, -0.05) is 32.9 Å². The summed E-state index contributed by atoms with van der Waals surface area (Å²) >= 11 is 0. The molecule has 0 bridgehead atoms. The predicted octanol–water partition coefficient (Wildman–Crippen LogP) is 18.3. The van der Waals surface area contributed by atoms with Gasteiger partial charge in [-0.05, 0) is 371 Å². The molecule has 10 N–H and O–H groups in total. The van der Waals surface area contributed by atoms with Crippen LogP contribution in [0.2, 0.25) is 286 Å². The molecule has 4 atom stereocenters. The molecule has 0 rings (SSSR count). The van der Waals surface area contributed by atoms with Gasteiger partial charge in [0.2, 0.25) is 0 Å². The quantitative estimate of drug-likeness (QED) is 0.0170. The van der Waals surface area contributed by atoms with Crippen molar-refractivity contribution in [2.45, 2.75) is 339 Å². The van der Waals surface area contributed by atoms with Gasteiger partial charge >= 0.3 is 68.5 Å². The lowest BCUT2D eigenvalue weighted by Gasteiger charge is -2.43. The second-order valence-electron chi connectivity index (χ2n) is 40.2. The van der Waals surface area contributed by atoms with Crippen LogP contribution in [0.1, 0.15) is 53.4 Å². The van der Waals surface area contributed by atoms with Crippen LogP contribution in [-0.2, 0) is 53.5 Å². The molecule has 21 nitrogen and oxygen atoms in total. The van der Waals surface area contributed by atoms with Gasteiger partial charge in [0, 0.05) is 32.7 Å². The molecule has 0 saturated heterocycles. The zero-order valence-electron chi connectivity index (χ0n) is 78.7. The second kappa shape index (κ2) is 50.7. The SMILES string of the molecule is C=C(C)CN(CC)[Si](C)(C)O[Si](C)(C)O[Si](C)(C)CC(C)CNC.CCCN[Si](C)(C)O[Si](C)(C)O[Si](C)(C)C.C[Si](C)(C)O[Si](C)(C)O[Si](C)(CCCN)O[Si](C)(C)C.C[Si](C)(C)O[Si](C)(C)O[Si](C)(CCCNCCN)O[Si](C)(C)C.C[Si](C)(C)O[Si](C)(C)O[Si](C)(CCCNCCN)O[Si](C)(C)C. The molecule has 0 amide bonds. The first kappa shape index (κ1) is 117. The van der Waals surface area contributed by atoms with Crippen LogP contribution in [0.15, 0.2) is 12.2 Å². The molecule has 106 heavy (non-hydrogen) atoms. The van der Waals surface area contributed by atoms with Crippen LogP contribution in [0, 0.1) is 5.92 Å². The standard InChI is InChI=1S/C17H42N2O2Si3.2C14H40N2O3Si4.C12H35NO3Si4.C10H29NO2Si3/c1-12-19(14-16(2)3)23(8,9)21-24(10,11)20-22(6,7)15-17(4)13-18-5;2*1-20(2,3)17-22(7,8)19-23(9,18-21(4,5)6)14-10-12-16-13-11-15;1-17(2,3)14-19(7,8)16-20(9,12-10-11-13)15-18(4,5)6;1-9-10-11-15(5,6)13-16(7,8)12-14(2,3)4/h17-18H,2,12-15H2,1,3-11H3;2*16H,10-15H2,1-9H3;10-13H2,1-9H3;11H,9-10H2,1-8H3. The number of likely N-dealkylation sites (N-methyl/N-ethyl adjacent to an activating group) is 1. The Bertz CT molecular complexity index is 2260. The van der Waals surface area contributed by atoms with Gasteiger partial charge in [0.1, 0.15) is 0 Å². The minimum Gasteiger partial charge on any atom is -0.437 e. The predicted molar refractivity (Wildman–Crippen MR) is 512 cm³/mol. The summed E-state index contributed by atoms with van der Waals surface area (Å²) in [4.78, 5) is 3.54. The molecule has 4 unspecified atom stereocenters. The zero-order valence-corrected chi connectivity index (χ0v) is 96.7. The number of hydrogen-bond acceptors (Lipinski definition) is 21. The Morgan fingerprint density at radius 1 is 0.368 bits per heavy atom. The van der Waals surface area contributed by atoms with Crippen LogP contribution in [0.25, 0.3) is 0 Å². The average Bonchev–Trinajstić information content (AvgIpc) is 0.845. The summed E-state index contributed by atoms with van der Waals surface area (Å²) in [6.07, 6.45) is 4.23. The van der Waals surface area contributed by atoms with E-state index in [0.717, 1.165) is 96.2 Å². The van der Waals surface area contributed by atoms with E-state index in [1.54, 1.807) is 0 Å². The van der Waals surface area contributed by atoms with Crippen LogP contribution < -0.4 is 38.1 Å². The van der Waals surface area contributed by atoms with E-state index < -0.39 is 152 Å². The number of nitrogens with two attached hydrogens (primary N) is 3. The number of nitrogens with zero attached hydrogens (tertiary/aromatic N) is 1. The lowest BCUT2D eigenvalue weighted by molar-refractivity contribution is 0.320. The van der Waals surface area contributed by atoms with E-state index in [0.29, 0.717) is 25.6 Å². The molecule has 0 aliphatic heterocycles. The van der Waals surface area contributed by atoms with Crippen LogP contribution in [0.5, 0.6) is 0 Å². The topological polar surface area (TPSA) is 249 Å². The lowest BCUT2D eigenvalue weighted by atomic mass is 10.2. The molecule has 0 aromatic rings. The molecule has 39 heteroatoms. The van der Waals surface area contributed by atoms with Gasteiger partial charge in [0.15, 0.2) is 66.5 Å². The maximum absolute atomic E-state index is 6.72. The van der Waals surface area contributed by atoms with Gasteiger partial charge in [0.25, 0.3) is 17.0 Å². The molecule has 0 radical (unpaired) electrons. The monoisotopic (exact) mass is 1810 g/mol. The van der Waals surface area contributed by atoms with E-state index in [-0.39, 0.29) is 0 Å². The van der Waals surface area contributed by atoms with Crippen molar-refractivity contribution in [1.82, 2.24) is 25.5 Å². The maximum atomic E-state index is 6.72. The van der Waals surface area contributed by atoms with Crippen molar-refractivity contribution < 1.29 is 53.5 Å². The Balaban J connectivity index is -0.000000403. The molecular weight excluding hydrogens is 1630 g/mol. The maximum Gasteiger partial charge on any atom is 0.315 e. The molecule has 0 heterocycles. The Labute approximate surface area is 679 Å². The number of nitrogens with one attached hydrogen (secondary N) is 4. The van der Waals surface area contributed by atoms with Crippen LogP contribution in [0.4, 0.5) is 0 Å². The Hall–Kier alpha value is 2.80. The average molecular weight is 1820 g/mol. The number of hydrogen-bond donors (Lipinski definition) is 7. The molecule has 0 spiro atoms. The van der Waals surface area contributed by atoms with Crippen LogP contribution in [-0.4, -0.2) is 236 Å². The van der Waals surface area contributed by atoms with E-state index in [9.17, 15) is 0 Å². The van der Waals surface area contributed by atoms with Crippen molar-refractivity contribution in [2.24, 2.45) is 23.1 Å². The first-order chi connectivity index (χ1) is 46.8. The van der Waals surface area contributed by atoms with Crippen LogP contribution in [0.3, 0.4) is 0 Å². The summed E-state index contributed by atoms with van der Waals surface area (Å²) in [5, 5.41) is 9.98. The molecule has 0 aromatic heterocycles.